The van der Waals surface area contributed by atoms with Crippen LogP contribution in [0.25, 0.3) is 16.7 Å². The summed E-state index contributed by atoms with van der Waals surface area (Å²) in [5.41, 5.74) is 3.25. The summed E-state index contributed by atoms with van der Waals surface area (Å²) in [6.45, 7) is 4.23. The van der Waals surface area contributed by atoms with Gasteiger partial charge in [0.25, 0.3) is 5.56 Å². The maximum Gasteiger partial charge on any atom is 0.263 e. The van der Waals surface area contributed by atoms with E-state index >= 15 is 0 Å². The SMILES string of the molecule is Cc1c(C)n(-c2cccc(F)c2)c2ncn(CCC(=O)NCc3ccccc3Cl)c(=O)c12. The van der Waals surface area contributed by atoms with Gasteiger partial charge in [0.1, 0.15) is 5.82 Å². The van der Waals surface area contributed by atoms with Crippen LogP contribution in [0.15, 0.2) is 59.7 Å². The molecule has 0 bridgehead atoms. The van der Waals surface area contributed by atoms with Crippen LogP contribution in [0, 0.1) is 19.7 Å². The van der Waals surface area contributed by atoms with Gasteiger partial charge in [-0.3, -0.25) is 18.7 Å². The largest absolute Gasteiger partial charge is 0.352 e. The minimum Gasteiger partial charge on any atom is -0.352 e. The fourth-order valence-electron chi connectivity index (χ4n) is 3.72. The summed E-state index contributed by atoms with van der Waals surface area (Å²) in [7, 11) is 0. The molecule has 4 aromatic rings. The maximum absolute atomic E-state index is 13.8. The number of amides is 1. The van der Waals surface area contributed by atoms with Crippen molar-refractivity contribution in [3.8, 4) is 5.69 Å². The van der Waals surface area contributed by atoms with Crippen LogP contribution in [0.3, 0.4) is 0 Å². The molecule has 0 unspecified atom stereocenters. The number of benzene rings is 2. The summed E-state index contributed by atoms with van der Waals surface area (Å²) in [5, 5.41) is 3.87. The number of hydrogen-bond acceptors (Lipinski definition) is 3. The standard InChI is InChI=1S/C24H22ClFN4O2/c1-15-16(2)30(19-8-5-7-18(26)12-19)23-22(15)24(32)29(14-28-23)11-10-21(31)27-13-17-6-3-4-9-20(17)25/h3-9,12,14H,10-11,13H2,1-2H3,(H,27,31). The quantitative estimate of drug-likeness (QED) is 0.474. The zero-order chi connectivity index (χ0) is 22.8. The topological polar surface area (TPSA) is 68.9 Å². The van der Waals surface area contributed by atoms with Crippen LogP contribution in [0.2, 0.25) is 5.02 Å². The average molecular weight is 453 g/mol. The van der Waals surface area contributed by atoms with E-state index in [0.717, 1.165) is 16.8 Å². The predicted molar refractivity (Wildman–Crippen MR) is 123 cm³/mol. The minimum atomic E-state index is -0.363. The Hall–Kier alpha value is -3.45. The third kappa shape index (κ3) is 4.16. The predicted octanol–water partition coefficient (Wildman–Crippen LogP) is 4.30. The number of hydrogen-bond donors (Lipinski definition) is 1. The molecule has 6 nitrogen and oxygen atoms in total. The lowest BCUT2D eigenvalue weighted by Crippen LogP contribution is -2.27. The number of rotatable bonds is 6. The van der Waals surface area contributed by atoms with Crippen LogP contribution < -0.4 is 10.9 Å². The van der Waals surface area contributed by atoms with Gasteiger partial charge in [-0.15, -0.1) is 0 Å². The number of nitrogens with one attached hydrogen (secondary N) is 1. The Bertz CT molecular complexity index is 1380. The van der Waals surface area contributed by atoms with Gasteiger partial charge in [0.15, 0.2) is 5.65 Å². The van der Waals surface area contributed by atoms with E-state index in [-0.39, 0.29) is 30.2 Å². The summed E-state index contributed by atoms with van der Waals surface area (Å²) < 4.78 is 17.0. The summed E-state index contributed by atoms with van der Waals surface area (Å²) in [6, 6.07) is 13.5. The molecule has 2 heterocycles. The monoisotopic (exact) mass is 452 g/mol. The van der Waals surface area contributed by atoms with Gasteiger partial charge in [-0.2, -0.15) is 0 Å². The molecule has 0 atom stereocenters. The van der Waals surface area contributed by atoms with Crippen LogP contribution in [-0.2, 0) is 17.9 Å². The summed E-state index contributed by atoms with van der Waals surface area (Å²) >= 11 is 6.11. The van der Waals surface area contributed by atoms with E-state index < -0.39 is 0 Å². The van der Waals surface area contributed by atoms with Crippen LogP contribution in [0.4, 0.5) is 4.39 Å². The number of aryl methyl sites for hydroxylation is 2. The van der Waals surface area contributed by atoms with Crippen LogP contribution >= 0.6 is 11.6 Å². The average Bonchev–Trinajstić information content (AvgIpc) is 3.03. The fraction of sp³-hybridized carbons (Fsp3) is 0.208. The minimum absolute atomic E-state index is 0.125. The molecule has 32 heavy (non-hydrogen) atoms. The Kier molecular flexibility index (Phi) is 6.10. The second-order valence-electron chi connectivity index (χ2n) is 7.59. The highest BCUT2D eigenvalue weighted by Gasteiger charge is 2.18. The van der Waals surface area contributed by atoms with Gasteiger partial charge in [0.2, 0.25) is 5.91 Å². The number of fused-ring (bicyclic) bond motifs is 1. The zero-order valence-corrected chi connectivity index (χ0v) is 18.5. The smallest absolute Gasteiger partial charge is 0.263 e. The van der Waals surface area contributed by atoms with Crippen molar-refractivity contribution in [2.24, 2.45) is 0 Å². The van der Waals surface area contributed by atoms with Gasteiger partial charge in [0, 0.05) is 30.2 Å². The zero-order valence-electron chi connectivity index (χ0n) is 17.7. The molecular weight excluding hydrogens is 431 g/mol. The molecule has 1 amide bonds. The Morgan fingerprint density at radius 1 is 1.16 bits per heavy atom. The van der Waals surface area contributed by atoms with Crippen molar-refractivity contribution in [2.45, 2.75) is 33.4 Å². The Morgan fingerprint density at radius 2 is 1.94 bits per heavy atom. The van der Waals surface area contributed by atoms with Gasteiger partial charge in [0.05, 0.1) is 17.4 Å². The van der Waals surface area contributed by atoms with Crippen LogP contribution in [0.1, 0.15) is 23.2 Å². The van der Waals surface area contributed by atoms with E-state index in [9.17, 15) is 14.0 Å². The normalized spacial score (nSPS) is 11.1. The van der Waals surface area contributed by atoms with Crippen molar-refractivity contribution in [3.05, 3.63) is 92.9 Å². The van der Waals surface area contributed by atoms with Crippen molar-refractivity contribution in [1.82, 2.24) is 19.4 Å². The molecule has 4 rings (SSSR count). The first-order valence-corrected chi connectivity index (χ1v) is 10.6. The number of nitrogens with zero attached hydrogens (tertiary/aromatic N) is 3. The number of halogens is 2. The lowest BCUT2D eigenvalue weighted by molar-refractivity contribution is -0.121. The molecule has 0 aliphatic heterocycles. The molecule has 0 saturated heterocycles. The highest BCUT2D eigenvalue weighted by Crippen LogP contribution is 2.25. The van der Waals surface area contributed by atoms with E-state index in [2.05, 4.69) is 10.3 Å². The van der Waals surface area contributed by atoms with Crippen molar-refractivity contribution in [3.63, 3.8) is 0 Å². The molecular formula is C24H22ClFN4O2. The van der Waals surface area contributed by atoms with Crippen molar-refractivity contribution in [2.75, 3.05) is 0 Å². The van der Waals surface area contributed by atoms with Gasteiger partial charge < -0.3 is 5.32 Å². The molecule has 0 radical (unpaired) electrons. The maximum atomic E-state index is 13.8. The van der Waals surface area contributed by atoms with Crippen LogP contribution in [-0.4, -0.2) is 20.0 Å². The van der Waals surface area contributed by atoms with E-state index in [1.54, 1.807) is 22.8 Å². The molecule has 0 aliphatic rings. The third-order valence-electron chi connectivity index (χ3n) is 5.56. The van der Waals surface area contributed by atoms with E-state index in [1.165, 1.54) is 23.0 Å². The molecule has 0 aliphatic carbocycles. The lowest BCUT2D eigenvalue weighted by Gasteiger charge is -2.09. The second-order valence-corrected chi connectivity index (χ2v) is 7.99. The van der Waals surface area contributed by atoms with Crippen molar-refractivity contribution < 1.29 is 9.18 Å². The van der Waals surface area contributed by atoms with Gasteiger partial charge in [-0.05, 0) is 49.2 Å². The molecule has 164 valence electrons. The molecule has 0 saturated carbocycles. The highest BCUT2D eigenvalue weighted by molar-refractivity contribution is 6.31. The molecule has 8 heteroatoms. The van der Waals surface area contributed by atoms with Gasteiger partial charge in [-0.1, -0.05) is 35.9 Å². The molecule has 1 N–H and O–H groups in total. The Balaban J connectivity index is 1.55. The van der Waals surface area contributed by atoms with Gasteiger partial charge >= 0.3 is 0 Å². The molecule has 2 aromatic carbocycles. The summed E-state index contributed by atoms with van der Waals surface area (Å²) in [5.74, 6) is -0.556. The first-order chi connectivity index (χ1) is 15.4. The highest BCUT2D eigenvalue weighted by atomic mass is 35.5. The molecule has 0 spiro atoms. The van der Waals surface area contributed by atoms with Crippen molar-refractivity contribution >= 4 is 28.5 Å². The Morgan fingerprint density at radius 3 is 2.69 bits per heavy atom. The lowest BCUT2D eigenvalue weighted by atomic mass is 10.2. The molecule has 0 fully saturated rings. The van der Waals surface area contributed by atoms with Gasteiger partial charge in [-0.25, -0.2) is 9.37 Å². The number of carbonyl (C=O) groups is 1. The number of carbonyl (C=O) groups excluding carboxylic acids is 1. The third-order valence-corrected chi connectivity index (χ3v) is 5.93. The van der Waals surface area contributed by atoms with E-state index in [1.807, 2.05) is 32.0 Å². The Labute approximate surface area is 189 Å². The second kappa shape index (κ2) is 8.96. The fourth-order valence-corrected chi connectivity index (χ4v) is 3.92. The summed E-state index contributed by atoms with van der Waals surface area (Å²) in [6.07, 6.45) is 1.56. The summed E-state index contributed by atoms with van der Waals surface area (Å²) in [4.78, 5) is 29.9. The van der Waals surface area contributed by atoms with Crippen molar-refractivity contribution in [1.29, 1.82) is 0 Å². The van der Waals surface area contributed by atoms with Crippen LogP contribution in [0.5, 0.6) is 0 Å². The van der Waals surface area contributed by atoms with E-state index in [4.69, 9.17) is 11.6 Å². The first kappa shape index (κ1) is 21.8. The number of aromatic nitrogens is 3. The van der Waals surface area contributed by atoms with E-state index in [0.29, 0.717) is 28.3 Å². The molecule has 2 aromatic heterocycles. The first-order valence-electron chi connectivity index (χ1n) is 10.2.